The highest BCUT2D eigenvalue weighted by Crippen LogP contribution is 2.27. The molecule has 0 aliphatic heterocycles. The van der Waals surface area contributed by atoms with Crippen LogP contribution >= 0.6 is 0 Å². The Hall–Kier alpha value is -4.78. The third kappa shape index (κ3) is 9.10. The summed E-state index contributed by atoms with van der Waals surface area (Å²) in [7, 11) is 4.82. The normalized spacial score (nSPS) is 11.3. The second-order valence-corrected chi connectivity index (χ2v) is 10.3. The average molecular weight is 581 g/mol. The molecule has 0 saturated carbocycles. The summed E-state index contributed by atoms with van der Waals surface area (Å²) >= 11 is 0. The molecule has 0 bridgehead atoms. The first-order chi connectivity index (χ1) is 21.0. The number of hydrogen-bond acceptors (Lipinski definition) is 5. The lowest BCUT2D eigenvalue weighted by Crippen LogP contribution is -2.50. The summed E-state index contributed by atoms with van der Waals surface area (Å²) < 4.78 is 16.1. The first-order valence-electron chi connectivity index (χ1n) is 14.5. The summed E-state index contributed by atoms with van der Waals surface area (Å²) in [5, 5.41) is 3.11. The maximum atomic E-state index is 13.9. The van der Waals surface area contributed by atoms with Crippen molar-refractivity contribution in [1.29, 1.82) is 0 Å². The molecule has 4 aromatic carbocycles. The number of benzene rings is 4. The van der Waals surface area contributed by atoms with E-state index in [1.807, 2.05) is 103 Å². The molecule has 0 unspecified atom stereocenters. The molecule has 1 N–H and O–H groups in total. The highest BCUT2D eigenvalue weighted by molar-refractivity contribution is 5.88. The summed E-state index contributed by atoms with van der Waals surface area (Å²) in [5.41, 5.74) is 3.99. The Morgan fingerprint density at radius 1 is 0.674 bits per heavy atom. The fourth-order valence-electron chi connectivity index (χ4n) is 5.01. The van der Waals surface area contributed by atoms with Crippen LogP contribution in [0.15, 0.2) is 103 Å². The quantitative estimate of drug-likeness (QED) is 0.197. The van der Waals surface area contributed by atoms with Crippen molar-refractivity contribution in [3.05, 3.63) is 125 Å². The molecular formula is C36H40N2O5. The van der Waals surface area contributed by atoms with Gasteiger partial charge in [0.2, 0.25) is 11.8 Å². The predicted octanol–water partition coefficient (Wildman–Crippen LogP) is 5.64. The Balaban J connectivity index is 1.56. The maximum Gasteiger partial charge on any atom is 0.243 e. The van der Waals surface area contributed by atoms with E-state index in [-0.39, 0.29) is 11.8 Å². The molecule has 224 valence electrons. The maximum absolute atomic E-state index is 13.9. The van der Waals surface area contributed by atoms with Crippen molar-refractivity contribution in [3.8, 4) is 17.2 Å². The molecule has 4 aromatic rings. The molecule has 0 saturated heterocycles. The monoisotopic (exact) mass is 580 g/mol. The molecule has 0 radical (unpaired) electrons. The van der Waals surface area contributed by atoms with E-state index in [0.717, 1.165) is 28.0 Å². The molecule has 0 heterocycles. The number of nitrogens with one attached hydrogen (secondary N) is 1. The summed E-state index contributed by atoms with van der Waals surface area (Å²) in [4.78, 5) is 29.5. The Morgan fingerprint density at radius 3 is 1.93 bits per heavy atom. The lowest BCUT2D eigenvalue weighted by molar-refractivity contribution is -0.141. The van der Waals surface area contributed by atoms with Gasteiger partial charge in [-0.3, -0.25) is 9.59 Å². The molecule has 0 fully saturated rings. The van der Waals surface area contributed by atoms with E-state index in [0.29, 0.717) is 50.3 Å². The van der Waals surface area contributed by atoms with Crippen LogP contribution in [0.5, 0.6) is 17.2 Å². The number of nitrogens with zero attached hydrogens (tertiary/aromatic N) is 1. The zero-order valence-corrected chi connectivity index (χ0v) is 25.1. The van der Waals surface area contributed by atoms with Crippen LogP contribution in [0.3, 0.4) is 0 Å². The summed E-state index contributed by atoms with van der Waals surface area (Å²) in [6.07, 6.45) is 1.89. The van der Waals surface area contributed by atoms with Crippen LogP contribution in [-0.4, -0.2) is 50.6 Å². The minimum Gasteiger partial charge on any atom is -0.497 e. The van der Waals surface area contributed by atoms with E-state index in [1.165, 1.54) is 0 Å². The largest absolute Gasteiger partial charge is 0.497 e. The topological polar surface area (TPSA) is 77.1 Å². The summed E-state index contributed by atoms with van der Waals surface area (Å²) in [6, 6.07) is 32.4. The first-order valence-corrected chi connectivity index (χ1v) is 14.5. The van der Waals surface area contributed by atoms with Crippen LogP contribution in [0.4, 0.5) is 0 Å². The molecule has 0 aliphatic carbocycles. The van der Waals surface area contributed by atoms with Gasteiger partial charge in [0.15, 0.2) is 11.5 Å². The van der Waals surface area contributed by atoms with Crippen molar-refractivity contribution in [2.24, 2.45) is 0 Å². The smallest absolute Gasteiger partial charge is 0.243 e. The molecule has 4 rings (SSSR count). The van der Waals surface area contributed by atoms with Crippen LogP contribution < -0.4 is 19.5 Å². The number of ether oxygens (including phenoxy) is 3. The third-order valence-corrected chi connectivity index (χ3v) is 7.41. The number of aryl methyl sites for hydroxylation is 1. The number of methoxy groups -OCH3 is 3. The van der Waals surface area contributed by atoms with Gasteiger partial charge in [0.1, 0.15) is 11.8 Å². The summed E-state index contributed by atoms with van der Waals surface area (Å²) in [5.74, 6) is 1.77. The van der Waals surface area contributed by atoms with Crippen molar-refractivity contribution >= 4 is 11.8 Å². The Labute approximate surface area is 254 Å². The molecular weight excluding hydrogens is 540 g/mol. The zero-order chi connectivity index (χ0) is 30.4. The van der Waals surface area contributed by atoms with Gasteiger partial charge in [-0.05, 0) is 59.4 Å². The number of rotatable bonds is 15. The summed E-state index contributed by atoms with van der Waals surface area (Å²) in [6.45, 7) is 0.715. The van der Waals surface area contributed by atoms with Gasteiger partial charge < -0.3 is 24.4 Å². The lowest BCUT2D eigenvalue weighted by Gasteiger charge is -2.32. The standard InChI is InChI=1S/C36H40N2O5/c1-41-31-18-14-30(15-19-31)26-38(35(39)21-17-27-10-6-4-7-11-27)32(24-28-12-8-5-9-13-28)36(40)37-23-22-29-16-20-33(42-2)34(25-29)43-3/h4-16,18-20,25,32H,17,21-24,26H2,1-3H3,(H,37,40)/t32-/m0/s1. The minimum absolute atomic E-state index is 0.0735. The van der Waals surface area contributed by atoms with Gasteiger partial charge in [0, 0.05) is 25.9 Å². The molecule has 0 aromatic heterocycles. The minimum atomic E-state index is -0.696. The Morgan fingerprint density at radius 2 is 1.30 bits per heavy atom. The highest BCUT2D eigenvalue weighted by Gasteiger charge is 2.30. The van der Waals surface area contributed by atoms with Crippen LogP contribution in [0.2, 0.25) is 0 Å². The van der Waals surface area contributed by atoms with Gasteiger partial charge in [-0.15, -0.1) is 0 Å². The van der Waals surface area contributed by atoms with Gasteiger partial charge in [-0.2, -0.15) is 0 Å². The van der Waals surface area contributed by atoms with Crippen LogP contribution in [0.25, 0.3) is 0 Å². The van der Waals surface area contributed by atoms with E-state index in [1.54, 1.807) is 26.2 Å². The van der Waals surface area contributed by atoms with Crippen molar-refractivity contribution in [2.45, 2.75) is 38.3 Å². The molecule has 0 spiro atoms. The second kappa shape index (κ2) is 16.0. The first kappa shape index (κ1) is 31.2. The Kier molecular flexibility index (Phi) is 11.6. The number of hydrogen-bond donors (Lipinski definition) is 1. The van der Waals surface area contributed by atoms with Crippen LogP contribution in [-0.2, 0) is 35.4 Å². The van der Waals surface area contributed by atoms with Gasteiger partial charge >= 0.3 is 0 Å². The van der Waals surface area contributed by atoms with E-state index >= 15 is 0 Å². The third-order valence-electron chi connectivity index (χ3n) is 7.41. The number of carbonyl (C=O) groups excluding carboxylic acids is 2. The average Bonchev–Trinajstić information content (AvgIpc) is 3.06. The van der Waals surface area contributed by atoms with E-state index < -0.39 is 6.04 Å². The highest BCUT2D eigenvalue weighted by atomic mass is 16.5. The molecule has 7 heteroatoms. The lowest BCUT2D eigenvalue weighted by atomic mass is 10.0. The SMILES string of the molecule is COc1ccc(CN(C(=O)CCc2ccccc2)[C@@H](Cc2ccccc2)C(=O)NCCc2ccc(OC)c(OC)c2)cc1. The van der Waals surface area contributed by atoms with Crippen molar-refractivity contribution in [3.63, 3.8) is 0 Å². The van der Waals surface area contributed by atoms with E-state index in [2.05, 4.69) is 5.32 Å². The fraction of sp³-hybridized carbons (Fsp3) is 0.278. The zero-order valence-electron chi connectivity index (χ0n) is 25.1. The molecule has 43 heavy (non-hydrogen) atoms. The number of amides is 2. The van der Waals surface area contributed by atoms with Crippen molar-refractivity contribution < 1.29 is 23.8 Å². The van der Waals surface area contributed by atoms with Crippen LogP contribution in [0.1, 0.15) is 28.7 Å². The predicted molar refractivity (Wildman–Crippen MR) is 169 cm³/mol. The van der Waals surface area contributed by atoms with Crippen LogP contribution in [0, 0.1) is 0 Å². The van der Waals surface area contributed by atoms with Gasteiger partial charge in [-0.1, -0.05) is 78.9 Å². The Bertz CT molecular complexity index is 1440. The van der Waals surface area contributed by atoms with Gasteiger partial charge in [-0.25, -0.2) is 0 Å². The van der Waals surface area contributed by atoms with E-state index in [4.69, 9.17) is 14.2 Å². The van der Waals surface area contributed by atoms with Gasteiger partial charge in [0.05, 0.1) is 21.3 Å². The molecule has 2 amide bonds. The second-order valence-electron chi connectivity index (χ2n) is 10.3. The molecule has 0 aliphatic rings. The number of carbonyl (C=O) groups is 2. The van der Waals surface area contributed by atoms with Crippen molar-refractivity contribution in [2.75, 3.05) is 27.9 Å². The van der Waals surface area contributed by atoms with E-state index in [9.17, 15) is 9.59 Å². The fourth-order valence-corrected chi connectivity index (χ4v) is 5.01. The molecule has 1 atom stereocenters. The molecule has 7 nitrogen and oxygen atoms in total. The van der Waals surface area contributed by atoms with Gasteiger partial charge in [0.25, 0.3) is 0 Å². The van der Waals surface area contributed by atoms with Crippen molar-refractivity contribution in [1.82, 2.24) is 10.2 Å².